The van der Waals surface area contributed by atoms with Gasteiger partial charge < -0.3 is 5.73 Å². The minimum atomic E-state index is -3.68. The number of halogens is 1. The van der Waals surface area contributed by atoms with E-state index in [1.807, 2.05) is 0 Å². The molecule has 106 valence electrons. The van der Waals surface area contributed by atoms with Crippen LogP contribution >= 0.6 is 11.6 Å². The smallest absolute Gasteiger partial charge is 0.242 e. The Morgan fingerprint density at radius 1 is 1.15 bits per heavy atom. The second kappa shape index (κ2) is 6.32. The summed E-state index contributed by atoms with van der Waals surface area (Å²) in [5, 5.41) is 0.171. The van der Waals surface area contributed by atoms with E-state index in [-0.39, 0.29) is 23.0 Å². The predicted octanol–water partition coefficient (Wildman–Crippen LogP) is 1.67. The van der Waals surface area contributed by atoms with Crippen LogP contribution in [0.4, 0.5) is 0 Å². The van der Waals surface area contributed by atoms with Gasteiger partial charge in [0.1, 0.15) is 4.90 Å². The van der Waals surface area contributed by atoms with Crippen molar-refractivity contribution in [2.24, 2.45) is 5.73 Å². The Kier molecular flexibility index (Phi) is 4.72. The number of nitrogens with zero attached hydrogens (tertiary/aromatic N) is 1. The molecule has 0 saturated heterocycles. The quantitative estimate of drug-likeness (QED) is 0.879. The third-order valence-corrected chi connectivity index (χ3v) is 4.62. The highest BCUT2D eigenvalue weighted by Crippen LogP contribution is 2.22. The Balaban J connectivity index is 2.22. The van der Waals surface area contributed by atoms with Crippen LogP contribution in [-0.4, -0.2) is 13.4 Å². The number of sulfonamides is 1. The summed E-state index contributed by atoms with van der Waals surface area (Å²) < 4.78 is 27.0. The zero-order chi connectivity index (χ0) is 14.6. The molecule has 3 N–H and O–H groups in total. The minimum absolute atomic E-state index is 0.0381. The molecule has 1 aromatic heterocycles. The minimum Gasteiger partial charge on any atom is -0.326 e. The van der Waals surface area contributed by atoms with Crippen molar-refractivity contribution in [3.05, 3.63) is 58.9 Å². The molecule has 1 aromatic carbocycles. The van der Waals surface area contributed by atoms with Crippen molar-refractivity contribution < 1.29 is 8.42 Å². The summed E-state index contributed by atoms with van der Waals surface area (Å²) in [4.78, 5) is 3.91. The molecule has 0 aliphatic carbocycles. The van der Waals surface area contributed by atoms with Gasteiger partial charge in [-0.2, -0.15) is 0 Å². The summed E-state index contributed by atoms with van der Waals surface area (Å²) >= 11 is 5.95. The number of nitrogens with one attached hydrogen (secondary N) is 1. The Labute approximate surface area is 122 Å². The van der Waals surface area contributed by atoms with E-state index in [1.165, 1.54) is 12.1 Å². The molecule has 0 aliphatic heterocycles. The fraction of sp³-hybridized carbons (Fsp3) is 0.154. The van der Waals surface area contributed by atoms with Gasteiger partial charge in [0, 0.05) is 25.5 Å². The van der Waals surface area contributed by atoms with Gasteiger partial charge in [-0.3, -0.25) is 4.98 Å². The monoisotopic (exact) mass is 311 g/mol. The van der Waals surface area contributed by atoms with E-state index in [2.05, 4.69) is 9.71 Å². The number of nitrogens with two attached hydrogens (primary N) is 1. The number of aromatic nitrogens is 1. The SMILES string of the molecule is NCc1ccc(Cl)c(S(=O)(=O)NCc2ccncc2)c1. The van der Waals surface area contributed by atoms with Gasteiger partial charge in [-0.05, 0) is 35.4 Å². The van der Waals surface area contributed by atoms with E-state index in [9.17, 15) is 8.42 Å². The normalized spacial score (nSPS) is 11.5. The summed E-state index contributed by atoms with van der Waals surface area (Å²) in [7, 11) is -3.68. The van der Waals surface area contributed by atoms with Crippen molar-refractivity contribution in [1.82, 2.24) is 9.71 Å². The van der Waals surface area contributed by atoms with E-state index in [4.69, 9.17) is 17.3 Å². The van der Waals surface area contributed by atoms with Crippen molar-refractivity contribution in [2.45, 2.75) is 18.0 Å². The molecule has 0 atom stereocenters. The van der Waals surface area contributed by atoms with Gasteiger partial charge in [0.05, 0.1) is 5.02 Å². The Bertz CT molecular complexity index is 690. The predicted molar refractivity (Wildman–Crippen MR) is 77.6 cm³/mol. The molecular formula is C13H14ClN3O2S. The summed E-state index contributed by atoms with van der Waals surface area (Å²) in [6.07, 6.45) is 3.21. The summed E-state index contributed by atoms with van der Waals surface area (Å²) in [6, 6.07) is 8.19. The maximum atomic E-state index is 12.2. The summed E-state index contributed by atoms with van der Waals surface area (Å²) in [5.74, 6) is 0. The summed E-state index contributed by atoms with van der Waals surface area (Å²) in [6.45, 7) is 0.429. The highest BCUT2D eigenvalue weighted by Gasteiger charge is 2.18. The van der Waals surface area contributed by atoms with Gasteiger partial charge in [0.15, 0.2) is 0 Å². The molecule has 1 heterocycles. The highest BCUT2D eigenvalue weighted by molar-refractivity contribution is 7.89. The van der Waals surface area contributed by atoms with Gasteiger partial charge in [0.25, 0.3) is 0 Å². The molecule has 0 spiro atoms. The molecule has 0 unspecified atom stereocenters. The zero-order valence-corrected chi connectivity index (χ0v) is 12.2. The van der Waals surface area contributed by atoms with Crippen LogP contribution in [0.5, 0.6) is 0 Å². The number of hydrogen-bond donors (Lipinski definition) is 2. The lowest BCUT2D eigenvalue weighted by Crippen LogP contribution is -2.23. The second-order valence-electron chi connectivity index (χ2n) is 4.15. The van der Waals surface area contributed by atoms with Gasteiger partial charge in [-0.1, -0.05) is 17.7 Å². The van der Waals surface area contributed by atoms with Gasteiger partial charge in [-0.25, -0.2) is 13.1 Å². The molecule has 20 heavy (non-hydrogen) atoms. The van der Waals surface area contributed by atoms with Crippen molar-refractivity contribution in [3.63, 3.8) is 0 Å². The first-order valence-corrected chi connectivity index (χ1v) is 7.76. The lowest BCUT2D eigenvalue weighted by atomic mass is 10.2. The van der Waals surface area contributed by atoms with Crippen LogP contribution in [0, 0.1) is 0 Å². The van der Waals surface area contributed by atoms with Crippen LogP contribution in [0.1, 0.15) is 11.1 Å². The van der Waals surface area contributed by atoms with Crippen molar-refractivity contribution >= 4 is 21.6 Å². The molecule has 2 rings (SSSR count). The first-order valence-electron chi connectivity index (χ1n) is 5.90. The largest absolute Gasteiger partial charge is 0.326 e. The van der Waals surface area contributed by atoms with Crippen LogP contribution in [0.15, 0.2) is 47.6 Å². The average Bonchev–Trinajstić information content (AvgIpc) is 2.47. The van der Waals surface area contributed by atoms with Crippen LogP contribution in [0.2, 0.25) is 5.02 Å². The highest BCUT2D eigenvalue weighted by atomic mass is 35.5. The zero-order valence-electron chi connectivity index (χ0n) is 10.6. The summed E-state index contributed by atoms with van der Waals surface area (Å²) in [5.41, 5.74) is 7.03. The van der Waals surface area contributed by atoms with Crippen LogP contribution in [-0.2, 0) is 23.1 Å². The lowest BCUT2D eigenvalue weighted by Gasteiger charge is -2.09. The number of rotatable bonds is 5. The molecule has 2 aromatic rings. The van der Waals surface area contributed by atoms with Crippen molar-refractivity contribution in [2.75, 3.05) is 0 Å². The van der Waals surface area contributed by atoms with E-state index < -0.39 is 10.0 Å². The Morgan fingerprint density at radius 3 is 2.50 bits per heavy atom. The Morgan fingerprint density at radius 2 is 1.85 bits per heavy atom. The Hall–Kier alpha value is -1.47. The van der Waals surface area contributed by atoms with E-state index in [0.29, 0.717) is 5.56 Å². The third kappa shape index (κ3) is 3.55. The van der Waals surface area contributed by atoms with E-state index >= 15 is 0 Å². The molecular weight excluding hydrogens is 298 g/mol. The fourth-order valence-electron chi connectivity index (χ4n) is 1.64. The number of hydrogen-bond acceptors (Lipinski definition) is 4. The van der Waals surface area contributed by atoms with E-state index in [0.717, 1.165) is 5.56 Å². The number of benzene rings is 1. The average molecular weight is 312 g/mol. The van der Waals surface area contributed by atoms with Gasteiger partial charge >= 0.3 is 0 Å². The maximum Gasteiger partial charge on any atom is 0.242 e. The molecule has 0 saturated carbocycles. The molecule has 5 nitrogen and oxygen atoms in total. The molecule has 0 bridgehead atoms. The first kappa shape index (κ1) is 14.9. The van der Waals surface area contributed by atoms with Crippen molar-refractivity contribution in [3.8, 4) is 0 Å². The third-order valence-electron chi connectivity index (χ3n) is 2.74. The molecule has 7 heteroatoms. The maximum absolute atomic E-state index is 12.2. The van der Waals surface area contributed by atoms with Crippen molar-refractivity contribution in [1.29, 1.82) is 0 Å². The van der Waals surface area contributed by atoms with Gasteiger partial charge in [-0.15, -0.1) is 0 Å². The fourth-order valence-corrected chi connectivity index (χ4v) is 3.20. The molecule has 0 radical (unpaired) electrons. The first-order chi connectivity index (χ1) is 9.53. The van der Waals surface area contributed by atoms with Gasteiger partial charge in [0.2, 0.25) is 10.0 Å². The van der Waals surface area contributed by atoms with E-state index in [1.54, 1.807) is 30.6 Å². The van der Waals surface area contributed by atoms with Crippen LogP contribution in [0.3, 0.4) is 0 Å². The topological polar surface area (TPSA) is 85.1 Å². The van der Waals surface area contributed by atoms with Crippen LogP contribution < -0.4 is 10.5 Å². The van der Waals surface area contributed by atoms with Crippen LogP contribution in [0.25, 0.3) is 0 Å². The lowest BCUT2D eigenvalue weighted by molar-refractivity contribution is 0.581. The molecule has 0 aliphatic rings. The number of pyridine rings is 1. The molecule has 0 fully saturated rings. The standard InChI is InChI=1S/C13H14ClN3O2S/c14-12-2-1-11(8-15)7-13(12)20(18,19)17-9-10-3-5-16-6-4-10/h1-7,17H,8-9,15H2. The molecule has 0 amide bonds. The second-order valence-corrected chi connectivity index (χ2v) is 6.29.